The van der Waals surface area contributed by atoms with E-state index in [-0.39, 0.29) is 24.0 Å². The number of rotatable bonds is 8. The molecule has 0 aliphatic rings. The third-order valence-corrected chi connectivity index (χ3v) is 4.50. The number of halogens is 1. The summed E-state index contributed by atoms with van der Waals surface area (Å²) in [5.74, 6) is 0.701. The Kier molecular flexibility index (Phi) is 10.2. The van der Waals surface area contributed by atoms with Gasteiger partial charge < -0.3 is 20.5 Å². The molecule has 7 heteroatoms. The van der Waals surface area contributed by atoms with Crippen LogP contribution in [0.15, 0.2) is 35.3 Å². The van der Waals surface area contributed by atoms with Crippen molar-refractivity contribution in [3.8, 4) is 0 Å². The number of guanidine groups is 1. The lowest BCUT2D eigenvalue weighted by molar-refractivity contribution is 0.152. The van der Waals surface area contributed by atoms with E-state index in [1.54, 1.807) is 11.3 Å². The molecule has 0 radical (unpaired) electrons. The van der Waals surface area contributed by atoms with E-state index >= 15 is 0 Å². The predicted molar refractivity (Wildman–Crippen MR) is 113 cm³/mol. The lowest BCUT2D eigenvalue weighted by Crippen LogP contribution is -2.39. The van der Waals surface area contributed by atoms with Gasteiger partial charge in [-0.1, -0.05) is 18.2 Å². The van der Waals surface area contributed by atoms with Crippen molar-refractivity contribution in [2.75, 3.05) is 32.8 Å². The molecule has 1 heterocycles. The minimum atomic E-state index is -0.588. The fourth-order valence-corrected chi connectivity index (χ4v) is 3.20. The second-order valence-corrected chi connectivity index (χ2v) is 6.16. The molecule has 2 rings (SSSR count). The highest BCUT2D eigenvalue weighted by Crippen LogP contribution is 2.29. The van der Waals surface area contributed by atoms with Crippen LogP contribution in [0, 0.1) is 0 Å². The zero-order valence-corrected chi connectivity index (χ0v) is 17.3. The second-order valence-electron chi connectivity index (χ2n) is 5.05. The van der Waals surface area contributed by atoms with Gasteiger partial charge in [0.1, 0.15) is 6.10 Å². The number of aliphatic hydroxyl groups is 1. The molecule has 1 aromatic heterocycles. The molecular formula is C17H26IN3O2S. The molecular weight excluding hydrogens is 437 g/mol. The summed E-state index contributed by atoms with van der Waals surface area (Å²) in [4.78, 5) is 5.40. The van der Waals surface area contributed by atoms with Gasteiger partial charge in [-0.25, -0.2) is 0 Å². The molecule has 0 aliphatic carbocycles. The van der Waals surface area contributed by atoms with E-state index in [1.165, 1.54) is 4.70 Å². The van der Waals surface area contributed by atoms with Gasteiger partial charge in [-0.3, -0.25) is 4.99 Å². The summed E-state index contributed by atoms with van der Waals surface area (Å²) in [6.07, 6.45) is -0.588. The Morgan fingerprint density at radius 1 is 1.29 bits per heavy atom. The highest BCUT2D eigenvalue weighted by molar-refractivity contribution is 14.0. The van der Waals surface area contributed by atoms with Crippen LogP contribution in [0.25, 0.3) is 10.1 Å². The fourth-order valence-electron chi connectivity index (χ4n) is 2.16. The maximum absolute atomic E-state index is 10.4. The first kappa shape index (κ1) is 21.1. The summed E-state index contributed by atoms with van der Waals surface area (Å²) < 4.78 is 6.48. The normalized spacial score (nSPS) is 12.7. The summed E-state index contributed by atoms with van der Waals surface area (Å²) in [6.45, 7) is 7.14. The number of hydrogen-bond acceptors (Lipinski definition) is 4. The van der Waals surface area contributed by atoms with Gasteiger partial charge in [-0.05, 0) is 31.4 Å². The molecule has 134 valence electrons. The standard InChI is InChI=1S/C17H25N3O2S.HI/c1-3-18-17(19-9-10-22-4-2)20-12-14(21)16-11-13-7-5-6-8-15(13)23-16;/h5-8,11,14,21H,3-4,9-10,12H2,1-2H3,(H2,18,19,20);1H. The van der Waals surface area contributed by atoms with E-state index in [4.69, 9.17) is 4.74 Å². The highest BCUT2D eigenvalue weighted by atomic mass is 127. The van der Waals surface area contributed by atoms with Crippen molar-refractivity contribution in [2.24, 2.45) is 4.99 Å². The van der Waals surface area contributed by atoms with Crippen LogP contribution in [-0.2, 0) is 4.74 Å². The van der Waals surface area contributed by atoms with E-state index in [0.29, 0.717) is 32.3 Å². The van der Waals surface area contributed by atoms with Crippen LogP contribution in [0.3, 0.4) is 0 Å². The zero-order chi connectivity index (χ0) is 16.5. The van der Waals surface area contributed by atoms with Crippen molar-refractivity contribution in [1.82, 2.24) is 10.6 Å². The van der Waals surface area contributed by atoms with Gasteiger partial charge >= 0.3 is 0 Å². The number of fused-ring (bicyclic) bond motifs is 1. The topological polar surface area (TPSA) is 65.9 Å². The van der Waals surface area contributed by atoms with Crippen LogP contribution >= 0.6 is 35.3 Å². The summed E-state index contributed by atoms with van der Waals surface area (Å²) in [5, 5.41) is 17.9. The molecule has 24 heavy (non-hydrogen) atoms. The summed E-state index contributed by atoms with van der Waals surface area (Å²) in [5.41, 5.74) is 0. The minimum Gasteiger partial charge on any atom is -0.386 e. The lowest BCUT2D eigenvalue weighted by atomic mass is 10.2. The largest absolute Gasteiger partial charge is 0.386 e. The average molecular weight is 463 g/mol. The van der Waals surface area contributed by atoms with Crippen molar-refractivity contribution >= 4 is 51.4 Å². The Labute approximate surface area is 164 Å². The van der Waals surface area contributed by atoms with Crippen LogP contribution < -0.4 is 10.6 Å². The van der Waals surface area contributed by atoms with Crippen molar-refractivity contribution in [3.05, 3.63) is 35.2 Å². The Balaban J connectivity index is 0.00000288. The molecule has 1 atom stereocenters. The van der Waals surface area contributed by atoms with Crippen LogP contribution in [0.1, 0.15) is 24.8 Å². The third kappa shape index (κ3) is 6.54. The molecule has 2 aromatic rings. The molecule has 0 aliphatic heterocycles. The Bertz CT molecular complexity index is 600. The second kappa shape index (κ2) is 11.6. The molecule has 5 nitrogen and oxygen atoms in total. The first-order chi connectivity index (χ1) is 11.2. The highest BCUT2D eigenvalue weighted by Gasteiger charge is 2.11. The monoisotopic (exact) mass is 463 g/mol. The van der Waals surface area contributed by atoms with Crippen LogP contribution in [0.4, 0.5) is 0 Å². The number of benzene rings is 1. The quantitative estimate of drug-likeness (QED) is 0.244. The first-order valence-electron chi connectivity index (χ1n) is 8.01. The van der Waals surface area contributed by atoms with E-state index in [0.717, 1.165) is 16.8 Å². The van der Waals surface area contributed by atoms with E-state index < -0.39 is 6.10 Å². The fraction of sp³-hybridized carbons (Fsp3) is 0.471. The molecule has 3 N–H and O–H groups in total. The SMILES string of the molecule is CCNC(=NCC(O)c1cc2ccccc2s1)NCCOCC.I. The average Bonchev–Trinajstić information content (AvgIpc) is 3.00. The predicted octanol–water partition coefficient (Wildman–Crippen LogP) is 3.14. The Morgan fingerprint density at radius 3 is 2.79 bits per heavy atom. The van der Waals surface area contributed by atoms with Gasteiger partial charge in [-0.2, -0.15) is 0 Å². The number of thiophene rings is 1. The van der Waals surface area contributed by atoms with Crippen molar-refractivity contribution in [2.45, 2.75) is 20.0 Å². The van der Waals surface area contributed by atoms with Gasteiger partial charge in [0.15, 0.2) is 5.96 Å². The van der Waals surface area contributed by atoms with Crippen LogP contribution in [0.5, 0.6) is 0 Å². The van der Waals surface area contributed by atoms with Crippen LogP contribution in [0.2, 0.25) is 0 Å². The molecule has 0 fully saturated rings. The van der Waals surface area contributed by atoms with Gasteiger partial charge in [0.2, 0.25) is 0 Å². The van der Waals surface area contributed by atoms with Crippen molar-refractivity contribution < 1.29 is 9.84 Å². The molecule has 0 bridgehead atoms. The van der Waals surface area contributed by atoms with Gasteiger partial charge in [0, 0.05) is 29.3 Å². The summed E-state index contributed by atoms with van der Waals surface area (Å²) >= 11 is 1.61. The number of hydrogen-bond donors (Lipinski definition) is 3. The number of nitrogens with one attached hydrogen (secondary N) is 2. The van der Waals surface area contributed by atoms with Crippen molar-refractivity contribution in [3.63, 3.8) is 0 Å². The number of aliphatic imine (C=N–C) groups is 1. The molecule has 0 saturated heterocycles. The maximum Gasteiger partial charge on any atom is 0.191 e. The minimum absolute atomic E-state index is 0. The van der Waals surface area contributed by atoms with Gasteiger partial charge in [0.25, 0.3) is 0 Å². The van der Waals surface area contributed by atoms with E-state index in [9.17, 15) is 5.11 Å². The van der Waals surface area contributed by atoms with Crippen LogP contribution in [-0.4, -0.2) is 43.9 Å². The molecule has 0 amide bonds. The smallest absolute Gasteiger partial charge is 0.191 e. The zero-order valence-electron chi connectivity index (χ0n) is 14.1. The van der Waals surface area contributed by atoms with E-state index in [2.05, 4.69) is 27.8 Å². The van der Waals surface area contributed by atoms with Gasteiger partial charge in [0.05, 0.1) is 13.2 Å². The Hall–Kier alpha value is -0.900. The summed E-state index contributed by atoms with van der Waals surface area (Å²) in [7, 11) is 0. The molecule has 1 unspecified atom stereocenters. The lowest BCUT2D eigenvalue weighted by Gasteiger charge is -2.12. The first-order valence-corrected chi connectivity index (χ1v) is 8.82. The molecule has 1 aromatic carbocycles. The molecule has 0 spiro atoms. The third-order valence-electron chi connectivity index (χ3n) is 3.28. The number of aliphatic hydroxyl groups excluding tert-OH is 1. The van der Waals surface area contributed by atoms with Crippen molar-refractivity contribution in [1.29, 1.82) is 0 Å². The van der Waals surface area contributed by atoms with Gasteiger partial charge in [-0.15, -0.1) is 35.3 Å². The Morgan fingerprint density at radius 2 is 2.08 bits per heavy atom. The maximum atomic E-state index is 10.4. The number of ether oxygens (including phenoxy) is 1. The number of nitrogens with zero attached hydrogens (tertiary/aromatic N) is 1. The summed E-state index contributed by atoms with van der Waals surface area (Å²) in [6, 6.07) is 10.2. The van der Waals surface area contributed by atoms with E-state index in [1.807, 2.05) is 32.0 Å². The molecule has 0 saturated carbocycles.